The van der Waals surface area contributed by atoms with Gasteiger partial charge in [0.1, 0.15) is 0 Å². The molecule has 122 valence electrons. The fourth-order valence-corrected chi connectivity index (χ4v) is 2.42. The van der Waals surface area contributed by atoms with Crippen LogP contribution >= 0.6 is 0 Å². The molecule has 1 amide bonds. The lowest BCUT2D eigenvalue weighted by Crippen LogP contribution is -2.27. The van der Waals surface area contributed by atoms with Gasteiger partial charge in [0.2, 0.25) is 11.8 Å². The Kier molecular flexibility index (Phi) is 5.01. The summed E-state index contributed by atoms with van der Waals surface area (Å²) in [6.07, 6.45) is 0.586. The lowest BCUT2D eigenvalue weighted by atomic mass is 10.0. The zero-order valence-corrected chi connectivity index (χ0v) is 13.5. The van der Waals surface area contributed by atoms with E-state index >= 15 is 0 Å². The number of hydrogen-bond acceptors (Lipinski definition) is 4. The Morgan fingerprint density at radius 1 is 1.08 bits per heavy atom. The molecule has 0 unspecified atom stereocenters. The largest absolute Gasteiger partial charge is 0.348 e. The highest BCUT2D eigenvalue weighted by atomic mass is 16.5. The standard InChI is InChI=1S/C19H19N3O2/c1-14(16-10-6-3-7-11-16)19(23)20-13-17-21-18(24-22-17)12-15-8-4-2-5-9-15/h2-11,14H,12-13H2,1H3,(H,20,23)/t14-/m0/s1. The van der Waals surface area contributed by atoms with E-state index in [2.05, 4.69) is 15.5 Å². The number of benzene rings is 2. The smallest absolute Gasteiger partial charge is 0.231 e. The molecule has 0 radical (unpaired) electrons. The molecular formula is C19H19N3O2. The first-order valence-electron chi connectivity index (χ1n) is 7.90. The van der Waals surface area contributed by atoms with E-state index in [0.29, 0.717) is 18.1 Å². The molecule has 0 fully saturated rings. The highest BCUT2D eigenvalue weighted by Crippen LogP contribution is 2.14. The van der Waals surface area contributed by atoms with E-state index in [1.165, 1.54) is 0 Å². The minimum Gasteiger partial charge on any atom is -0.348 e. The average molecular weight is 321 g/mol. The Hall–Kier alpha value is -2.95. The summed E-state index contributed by atoms with van der Waals surface area (Å²) in [5.41, 5.74) is 2.09. The van der Waals surface area contributed by atoms with Crippen LogP contribution in [0.3, 0.4) is 0 Å². The topological polar surface area (TPSA) is 68.0 Å². The van der Waals surface area contributed by atoms with E-state index in [-0.39, 0.29) is 18.4 Å². The van der Waals surface area contributed by atoms with Crippen LogP contribution in [-0.4, -0.2) is 16.0 Å². The summed E-state index contributed by atoms with van der Waals surface area (Å²) in [5.74, 6) is 0.744. The van der Waals surface area contributed by atoms with Crippen LogP contribution < -0.4 is 5.32 Å². The first-order chi connectivity index (χ1) is 11.7. The lowest BCUT2D eigenvalue weighted by Gasteiger charge is -2.11. The number of hydrogen-bond donors (Lipinski definition) is 1. The number of nitrogens with zero attached hydrogens (tertiary/aromatic N) is 2. The van der Waals surface area contributed by atoms with Crippen LogP contribution in [0.1, 0.15) is 35.7 Å². The predicted molar refractivity (Wildman–Crippen MR) is 90.2 cm³/mol. The monoisotopic (exact) mass is 321 g/mol. The van der Waals surface area contributed by atoms with Crippen LogP contribution in [0.25, 0.3) is 0 Å². The Morgan fingerprint density at radius 2 is 1.75 bits per heavy atom. The summed E-state index contributed by atoms with van der Waals surface area (Å²) in [6.45, 7) is 2.13. The fraction of sp³-hybridized carbons (Fsp3) is 0.211. The Morgan fingerprint density at radius 3 is 2.46 bits per heavy atom. The van der Waals surface area contributed by atoms with Crippen molar-refractivity contribution in [3.05, 3.63) is 83.5 Å². The van der Waals surface area contributed by atoms with Crippen molar-refractivity contribution in [2.45, 2.75) is 25.8 Å². The molecule has 0 saturated heterocycles. The van der Waals surface area contributed by atoms with Gasteiger partial charge in [-0.25, -0.2) is 0 Å². The molecule has 5 nitrogen and oxygen atoms in total. The molecule has 2 aromatic carbocycles. The van der Waals surface area contributed by atoms with Crippen molar-refractivity contribution in [1.82, 2.24) is 15.5 Å². The van der Waals surface area contributed by atoms with Crippen molar-refractivity contribution in [2.75, 3.05) is 0 Å². The number of carbonyl (C=O) groups excluding carboxylic acids is 1. The molecule has 1 aromatic heterocycles. The number of nitrogens with one attached hydrogen (secondary N) is 1. The summed E-state index contributed by atoms with van der Waals surface area (Å²) in [6, 6.07) is 19.6. The van der Waals surface area contributed by atoms with E-state index < -0.39 is 0 Å². The minimum atomic E-state index is -0.220. The third-order valence-corrected chi connectivity index (χ3v) is 3.82. The van der Waals surface area contributed by atoms with Gasteiger partial charge < -0.3 is 9.84 Å². The normalized spacial score (nSPS) is 11.9. The average Bonchev–Trinajstić information content (AvgIpc) is 3.08. The van der Waals surface area contributed by atoms with Gasteiger partial charge in [0.05, 0.1) is 18.9 Å². The predicted octanol–water partition coefficient (Wildman–Crippen LogP) is 3.08. The van der Waals surface area contributed by atoms with Gasteiger partial charge in [-0.1, -0.05) is 65.8 Å². The summed E-state index contributed by atoms with van der Waals surface area (Å²) in [4.78, 5) is 16.5. The van der Waals surface area contributed by atoms with Crippen LogP contribution in [0.4, 0.5) is 0 Å². The molecule has 24 heavy (non-hydrogen) atoms. The van der Waals surface area contributed by atoms with Gasteiger partial charge in [-0.2, -0.15) is 4.98 Å². The van der Waals surface area contributed by atoms with Gasteiger partial charge in [0, 0.05) is 0 Å². The molecule has 1 heterocycles. The van der Waals surface area contributed by atoms with Gasteiger partial charge in [-0.15, -0.1) is 0 Å². The molecule has 0 spiro atoms. The zero-order chi connectivity index (χ0) is 16.8. The number of rotatable bonds is 6. The minimum absolute atomic E-state index is 0.0596. The second-order valence-electron chi connectivity index (χ2n) is 5.62. The first-order valence-corrected chi connectivity index (χ1v) is 7.90. The molecular weight excluding hydrogens is 302 g/mol. The number of carbonyl (C=O) groups is 1. The van der Waals surface area contributed by atoms with E-state index in [1.54, 1.807) is 0 Å². The van der Waals surface area contributed by atoms with E-state index in [1.807, 2.05) is 67.6 Å². The van der Waals surface area contributed by atoms with E-state index in [9.17, 15) is 4.79 Å². The maximum atomic E-state index is 12.2. The Balaban J connectivity index is 1.54. The van der Waals surface area contributed by atoms with Crippen LogP contribution in [-0.2, 0) is 17.8 Å². The van der Waals surface area contributed by atoms with Crippen molar-refractivity contribution in [3.8, 4) is 0 Å². The fourth-order valence-electron chi connectivity index (χ4n) is 2.42. The Labute approximate surface area is 140 Å². The number of amides is 1. The summed E-state index contributed by atoms with van der Waals surface area (Å²) in [7, 11) is 0. The van der Waals surface area contributed by atoms with Crippen molar-refractivity contribution >= 4 is 5.91 Å². The first kappa shape index (κ1) is 15.9. The maximum Gasteiger partial charge on any atom is 0.231 e. The van der Waals surface area contributed by atoms with Gasteiger partial charge in [0.15, 0.2) is 5.82 Å². The lowest BCUT2D eigenvalue weighted by molar-refractivity contribution is -0.122. The quantitative estimate of drug-likeness (QED) is 0.757. The van der Waals surface area contributed by atoms with Crippen molar-refractivity contribution in [3.63, 3.8) is 0 Å². The SMILES string of the molecule is C[C@H](C(=O)NCc1noc(Cc2ccccc2)n1)c1ccccc1. The molecule has 3 aromatic rings. The van der Waals surface area contributed by atoms with Gasteiger partial charge in [-0.05, 0) is 18.1 Å². The van der Waals surface area contributed by atoms with Crippen LogP contribution in [0.5, 0.6) is 0 Å². The van der Waals surface area contributed by atoms with Crippen LogP contribution in [0, 0.1) is 0 Å². The van der Waals surface area contributed by atoms with Crippen molar-refractivity contribution in [1.29, 1.82) is 0 Å². The van der Waals surface area contributed by atoms with E-state index in [4.69, 9.17) is 4.52 Å². The molecule has 0 bridgehead atoms. The van der Waals surface area contributed by atoms with Gasteiger partial charge in [0.25, 0.3) is 0 Å². The zero-order valence-electron chi connectivity index (χ0n) is 13.5. The highest BCUT2D eigenvalue weighted by molar-refractivity contribution is 5.83. The second kappa shape index (κ2) is 7.55. The van der Waals surface area contributed by atoms with Crippen molar-refractivity contribution in [2.24, 2.45) is 0 Å². The van der Waals surface area contributed by atoms with Crippen molar-refractivity contribution < 1.29 is 9.32 Å². The third kappa shape index (κ3) is 4.07. The summed E-state index contributed by atoms with van der Waals surface area (Å²) < 4.78 is 5.23. The van der Waals surface area contributed by atoms with Gasteiger partial charge >= 0.3 is 0 Å². The third-order valence-electron chi connectivity index (χ3n) is 3.82. The molecule has 0 aliphatic rings. The summed E-state index contributed by atoms with van der Waals surface area (Å²) in [5, 5.41) is 6.77. The molecule has 1 N–H and O–H groups in total. The molecule has 0 saturated carbocycles. The molecule has 3 rings (SSSR count). The van der Waals surface area contributed by atoms with Crippen LogP contribution in [0.15, 0.2) is 65.2 Å². The second-order valence-corrected chi connectivity index (χ2v) is 5.62. The molecule has 1 atom stereocenters. The van der Waals surface area contributed by atoms with E-state index in [0.717, 1.165) is 11.1 Å². The maximum absolute atomic E-state index is 12.2. The summed E-state index contributed by atoms with van der Waals surface area (Å²) >= 11 is 0. The highest BCUT2D eigenvalue weighted by Gasteiger charge is 2.15. The number of aromatic nitrogens is 2. The Bertz CT molecular complexity index is 785. The molecule has 0 aliphatic heterocycles. The molecule has 0 aliphatic carbocycles. The van der Waals surface area contributed by atoms with Crippen LogP contribution in [0.2, 0.25) is 0 Å². The molecule has 5 heteroatoms. The van der Waals surface area contributed by atoms with Gasteiger partial charge in [-0.3, -0.25) is 4.79 Å².